The standard InChI is InChI=1S/C13H16Cl2N2O2/c14-8-3-1-4-9(15)12(8)11(18)7-17-13(19)10-5-2-6-16-10/h1,3-4,10-11,16,18H,2,5-7H2,(H,17,19)/t10-,11+/m1/s1. The molecule has 0 saturated carbocycles. The molecule has 0 spiro atoms. The predicted octanol–water partition coefficient (Wildman–Crippen LogP) is 1.89. The molecule has 0 aromatic heterocycles. The quantitative estimate of drug-likeness (QED) is 0.796. The van der Waals surface area contributed by atoms with Gasteiger partial charge in [-0.05, 0) is 31.5 Å². The normalized spacial score (nSPS) is 20.3. The Bertz CT molecular complexity index is 442. The third kappa shape index (κ3) is 3.60. The minimum atomic E-state index is -0.911. The summed E-state index contributed by atoms with van der Waals surface area (Å²) in [6, 6.07) is 4.87. The molecule has 0 unspecified atom stereocenters. The van der Waals surface area contributed by atoms with Gasteiger partial charge in [-0.25, -0.2) is 0 Å². The van der Waals surface area contributed by atoms with Crippen LogP contribution in [0.1, 0.15) is 24.5 Å². The average Bonchev–Trinajstić information content (AvgIpc) is 2.89. The molecule has 0 radical (unpaired) electrons. The van der Waals surface area contributed by atoms with E-state index in [-0.39, 0.29) is 18.5 Å². The van der Waals surface area contributed by atoms with E-state index in [2.05, 4.69) is 10.6 Å². The van der Waals surface area contributed by atoms with E-state index in [0.29, 0.717) is 15.6 Å². The molecule has 104 valence electrons. The van der Waals surface area contributed by atoms with E-state index in [4.69, 9.17) is 23.2 Å². The second-order valence-electron chi connectivity index (χ2n) is 4.55. The topological polar surface area (TPSA) is 61.4 Å². The Morgan fingerprint density at radius 1 is 1.47 bits per heavy atom. The number of nitrogens with one attached hydrogen (secondary N) is 2. The van der Waals surface area contributed by atoms with Crippen molar-refractivity contribution in [1.82, 2.24) is 10.6 Å². The fourth-order valence-corrected chi connectivity index (χ4v) is 2.81. The first-order valence-electron chi connectivity index (χ1n) is 6.22. The smallest absolute Gasteiger partial charge is 0.237 e. The first kappa shape index (κ1) is 14.6. The predicted molar refractivity (Wildman–Crippen MR) is 75.5 cm³/mol. The van der Waals surface area contributed by atoms with Crippen molar-refractivity contribution in [3.05, 3.63) is 33.8 Å². The molecule has 4 nitrogen and oxygen atoms in total. The number of benzene rings is 1. The molecule has 1 saturated heterocycles. The van der Waals surface area contributed by atoms with Crippen molar-refractivity contribution in [3.8, 4) is 0 Å². The number of aliphatic hydroxyl groups is 1. The molecule has 1 aliphatic heterocycles. The van der Waals surface area contributed by atoms with Gasteiger partial charge < -0.3 is 15.7 Å². The fourth-order valence-electron chi connectivity index (χ4n) is 2.16. The SMILES string of the molecule is O=C(NC[C@H](O)c1c(Cl)cccc1Cl)[C@H]1CCCN1. The maximum absolute atomic E-state index is 11.8. The highest BCUT2D eigenvalue weighted by atomic mass is 35.5. The molecule has 1 aromatic rings. The molecule has 1 aromatic carbocycles. The van der Waals surface area contributed by atoms with Crippen LogP contribution in [-0.4, -0.2) is 30.1 Å². The number of hydrogen-bond acceptors (Lipinski definition) is 3. The van der Waals surface area contributed by atoms with E-state index in [0.717, 1.165) is 19.4 Å². The third-order valence-electron chi connectivity index (χ3n) is 3.18. The van der Waals surface area contributed by atoms with Crippen molar-refractivity contribution < 1.29 is 9.90 Å². The Morgan fingerprint density at radius 3 is 2.74 bits per heavy atom. The van der Waals surface area contributed by atoms with Crippen molar-refractivity contribution in [3.63, 3.8) is 0 Å². The van der Waals surface area contributed by atoms with Crippen molar-refractivity contribution in [2.75, 3.05) is 13.1 Å². The number of carbonyl (C=O) groups excluding carboxylic acids is 1. The van der Waals surface area contributed by atoms with Crippen molar-refractivity contribution >= 4 is 29.1 Å². The molecule has 3 N–H and O–H groups in total. The molecule has 2 rings (SSSR count). The van der Waals surface area contributed by atoms with E-state index in [1.165, 1.54) is 0 Å². The highest BCUT2D eigenvalue weighted by Crippen LogP contribution is 2.29. The molecule has 19 heavy (non-hydrogen) atoms. The number of carbonyl (C=O) groups is 1. The zero-order chi connectivity index (χ0) is 13.8. The molecule has 1 heterocycles. The minimum absolute atomic E-state index is 0.0975. The van der Waals surface area contributed by atoms with E-state index in [1.54, 1.807) is 18.2 Å². The van der Waals surface area contributed by atoms with E-state index in [9.17, 15) is 9.90 Å². The van der Waals surface area contributed by atoms with Gasteiger partial charge in [0.25, 0.3) is 0 Å². The summed E-state index contributed by atoms with van der Waals surface area (Å²) in [5.74, 6) is -0.0975. The highest BCUT2D eigenvalue weighted by molar-refractivity contribution is 6.36. The van der Waals surface area contributed by atoms with Crippen LogP contribution in [0.2, 0.25) is 10.0 Å². The largest absolute Gasteiger partial charge is 0.386 e. The van der Waals surface area contributed by atoms with Gasteiger partial charge in [-0.15, -0.1) is 0 Å². The van der Waals surface area contributed by atoms with Gasteiger partial charge in [-0.1, -0.05) is 29.3 Å². The van der Waals surface area contributed by atoms with Crippen LogP contribution in [0.15, 0.2) is 18.2 Å². The Hall–Kier alpha value is -0.810. The first-order valence-corrected chi connectivity index (χ1v) is 6.98. The first-order chi connectivity index (χ1) is 9.09. The minimum Gasteiger partial charge on any atom is -0.386 e. The maximum atomic E-state index is 11.8. The summed E-state index contributed by atoms with van der Waals surface area (Å²) in [4.78, 5) is 11.8. The van der Waals surface area contributed by atoms with Gasteiger partial charge in [0.1, 0.15) is 0 Å². The molecule has 2 atom stereocenters. The summed E-state index contributed by atoms with van der Waals surface area (Å²) >= 11 is 12.0. The van der Waals surface area contributed by atoms with Gasteiger partial charge in [0.2, 0.25) is 5.91 Å². The number of hydrogen-bond donors (Lipinski definition) is 3. The van der Waals surface area contributed by atoms with Crippen LogP contribution in [0.5, 0.6) is 0 Å². The van der Waals surface area contributed by atoms with Gasteiger partial charge in [0.05, 0.1) is 12.1 Å². The summed E-state index contributed by atoms with van der Waals surface area (Å²) < 4.78 is 0. The van der Waals surface area contributed by atoms with Crippen molar-refractivity contribution in [2.45, 2.75) is 25.0 Å². The summed E-state index contributed by atoms with van der Waals surface area (Å²) in [6.45, 7) is 0.956. The lowest BCUT2D eigenvalue weighted by atomic mass is 10.1. The monoisotopic (exact) mass is 302 g/mol. The van der Waals surface area contributed by atoms with Crippen molar-refractivity contribution in [1.29, 1.82) is 0 Å². The zero-order valence-electron chi connectivity index (χ0n) is 10.3. The van der Waals surface area contributed by atoms with Crippen molar-refractivity contribution in [2.24, 2.45) is 0 Å². The molecule has 0 aliphatic carbocycles. The number of amides is 1. The van der Waals surface area contributed by atoms with Crippen LogP contribution in [0, 0.1) is 0 Å². The van der Waals surface area contributed by atoms with Gasteiger partial charge in [0.15, 0.2) is 0 Å². The van der Waals surface area contributed by atoms with Gasteiger partial charge in [-0.2, -0.15) is 0 Å². The summed E-state index contributed by atoms with van der Waals surface area (Å²) in [5.41, 5.74) is 0.450. The summed E-state index contributed by atoms with van der Waals surface area (Å²) in [7, 11) is 0. The fraction of sp³-hybridized carbons (Fsp3) is 0.462. The Labute approximate surface area is 122 Å². The Balaban J connectivity index is 1.93. The number of rotatable bonds is 4. The molecule has 0 bridgehead atoms. The maximum Gasteiger partial charge on any atom is 0.237 e. The highest BCUT2D eigenvalue weighted by Gasteiger charge is 2.23. The van der Waals surface area contributed by atoms with Gasteiger partial charge >= 0.3 is 0 Å². The molecular formula is C13H16Cl2N2O2. The second-order valence-corrected chi connectivity index (χ2v) is 5.36. The molecular weight excluding hydrogens is 287 g/mol. The lowest BCUT2D eigenvalue weighted by Crippen LogP contribution is -2.41. The average molecular weight is 303 g/mol. The number of halogens is 2. The second kappa shape index (κ2) is 6.57. The van der Waals surface area contributed by atoms with E-state index >= 15 is 0 Å². The van der Waals surface area contributed by atoms with Crippen LogP contribution < -0.4 is 10.6 Å². The van der Waals surface area contributed by atoms with E-state index < -0.39 is 6.10 Å². The molecule has 6 heteroatoms. The Morgan fingerprint density at radius 2 is 2.16 bits per heavy atom. The van der Waals surface area contributed by atoms with Gasteiger partial charge in [0, 0.05) is 22.2 Å². The lowest BCUT2D eigenvalue weighted by Gasteiger charge is -2.17. The Kier molecular flexibility index (Phi) is 5.05. The molecule has 1 fully saturated rings. The van der Waals surface area contributed by atoms with Gasteiger partial charge in [-0.3, -0.25) is 4.79 Å². The molecule has 1 aliphatic rings. The molecule has 1 amide bonds. The number of aliphatic hydroxyl groups excluding tert-OH is 1. The van der Waals surface area contributed by atoms with Crippen LogP contribution in [0.3, 0.4) is 0 Å². The van der Waals surface area contributed by atoms with Crippen LogP contribution in [0.25, 0.3) is 0 Å². The third-order valence-corrected chi connectivity index (χ3v) is 3.84. The zero-order valence-corrected chi connectivity index (χ0v) is 11.8. The van der Waals surface area contributed by atoms with Crippen LogP contribution in [0.4, 0.5) is 0 Å². The van der Waals surface area contributed by atoms with Crippen LogP contribution >= 0.6 is 23.2 Å². The summed E-state index contributed by atoms with van der Waals surface area (Å²) in [6.07, 6.45) is 0.915. The summed E-state index contributed by atoms with van der Waals surface area (Å²) in [5, 5.41) is 16.7. The lowest BCUT2D eigenvalue weighted by molar-refractivity contribution is -0.123. The van der Waals surface area contributed by atoms with E-state index in [1.807, 2.05) is 0 Å². The van der Waals surface area contributed by atoms with Crippen LogP contribution in [-0.2, 0) is 4.79 Å².